The van der Waals surface area contributed by atoms with Crippen LogP contribution in [0.5, 0.6) is 0 Å². The third kappa shape index (κ3) is 2.22. The van der Waals surface area contributed by atoms with Crippen molar-refractivity contribution in [2.45, 2.75) is 19.6 Å². The first-order valence-electron chi connectivity index (χ1n) is 6.53. The number of halogens is 1. The predicted molar refractivity (Wildman–Crippen MR) is 75.5 cm³/mol. The topological polar surface area (TPSA) is 15.3 Å². The molecule has 1 N–H and O–H groups in total. The first-order valence-corrected chi connectivity index (χ1v) is 6.53. The van der Waals surface area contributed by atoms with E-state index in [0.29, 0.717) is 6.54 Å². The molecular formula is C16H17FN2. The Morgan fingerprint density at radius 2 is 1.74 bits per heavy atom. The molecule has 1 heterocycles. The highest BCUT2D eigenvalue weighted by Crippen LogP contribution is 2.31. The van der Waals surface area contributed by atoms with Crippen LogP contribution in [0.15, 0.2) is 42.5 Å². The molecule has 0 fully saturated rings. The summed E-state index contributed by atoms with van der Waals surface area (Å²) in [5.41, 5.74) is 4.41. The number of nitrogens with zero attached hydrogens (tertiary/aromatic N) is 1. The maximum Gasteiger partial charge on any atom is 0.129 e. The predicted octanol–water partition coefficient (Wildman–Crippen LogP) is 3.07. The summed E-state index contributed by atoms with van der Waals surface area (Å²) in [6.07, 6.45) is 0. The molecule has 0 saturated heterocycles. The van der Waals surface area contributed by atoms with E-state index in [4.69, 9.17) is 0 Å². The van der Waals surface area contributed by atoms with Gasteiger partial charge in [0.15, 0.2) is 0 Å². The lowest BCUT2D eigenvalue weighted by Crippen LogP contribution is -2.19. The minimum absolute atomic E-state index is 0.136. The Balaban J connectivity index is 1.95. The van der Waals surface area contributed by atoms with Gasteiger partial charge in [-0.2, -0.15) is 0 Å². The maximum atomic E-state index is 14.0. The molecule has 0 atom stereocenters. The number of hydrogen-bond acceptors (Lipinski definition) is 2. The van der Waals surface area contributed by atoms with Gasteiger partial charge in [-0.3, -0.25) is 0 Å². The van der Waals surface area contributed by atoms with Gasteiger partial charge in [0, 0.05) is 30.9 Å². The molecule has 0 spiro atoms. The fourth-order valence-corrected chi connectivity index (χ4v) is 2.70. The molecule has 1 aliphatic rings. The van der Waals surface area contributed by atoms with Crippen LogP contribution in [0, 0.1) is 5.82 Å². The second-order valence-corrected chi connectivity index (χ2v) is 4.89. The summed E-state index contributed by atoms with van der Waals surface area (Å²) in [5.74, 6) is -0.136. The number of benzene rings is 2. The Bertz CT molecular complexity index is 570. The van der Waals surface area contributed by atoms with Crippen molar-refractivity contribution in [3.63, 3.8) is 0 Å². The van der Waals surface area contributed by atoms with Gasteiger partial charge in [0.25, 0.3) is 0 Å². The van der Waals surface area contributed by atoms with Crippen molar-refractivity contribution in [2.24, 2.45) is 0 Å². The average Bonchev–Trinajstić information content (AvgIpc) is 2.85. The van der Waals surface area contributed by atoms with E-state index >= 15 is 0 Å². The minimum atomic E-state index is -0.136. The molecule has 0 saturated carbocycles. The molecule has 2 aromatic carbocycles. The van der Waals surface area contributed by atoms with Crippen LogP contribution < -0.4 is 10.2 Å². The molecule has 0 radical (unpaired) electrons. The Labute approximate surface area is 112 Å². The summed E-state index contributed by atoms with van der Waals surface area (Å²) in [5, 5.41) is 3.04. The molecule has 0 aliphatic carbocycles. The zero-order chi connectivity index (χ0) is 13.2. The van der Waals surface area contributed by atoms with Crippen molar-refractivity contribution in [2.75, 3.05) is 11.9 Å². The number of fused-ring (bicyclic) bond motifs is 1. The molecule has 0 unspecified atom stereocenters. The van der Waals surface area contributed by atoms with Crippen molar-refractivity contribution in [1.82, 2.24) is 5.32 Å². The van der Waals surface area contributed by atoms with Crippen LogP contribution in [-0.4, -0.2) is 7.05 Å². The number of rotatable bonds is 3. The van der Waals surface area contributed by atoms with Gasteiger partial charge in [-0.25, -0.2) is 4.39 Å². The third-order valence-corrected chi connectivity index (χ3v) is 3.63. The van der Waals surface area contributed by atoms with Crippen LogP contribution in [0.4, 0.5) is 10.1 Å². The summed E-state index contributed by atoms with van der Waals surface area (Å²) in [7, 11) is 1.84. The molecule has 19 heavy (non-hydrogen) atoms. The quantitative estimate of drug-likeness (QED) is 0.908. The smallest absolute Gasteiger partial charge is 0.129 e. The lowest BCUT2D eigenvalue weighted by molar-refractivity contribution is 0.599. The summed E-state index contributed by atoms with van der Waals surface area (Å²) in [6.45, 7) is 2.27. The summed E-state index contributed by atoms with van der Waals surface area (Å²) < 4.78 is 14.0. The molecule has 0 amide bonds. The van der Waals surface area contributed by atoms with Gasteiger partial charge in [-0.15, -0.1) is 0 Å². The zero-order valence-corrected chi connectivity index (χ0v) is 11.0. The highest BCUT2D eigenvalue weighted by atomic mass is 19.1. The second kappa shape index (κ2) is 5.02. The molecule has 0 bridgehead atoms. The average molecular weight is 256 g/mol. The van der Waals surface area contributed by atoms with Gasteiger partial charge >= 0.3 is 0 Å². The van der Waals surface area contributed by atoms with Gasteiger partial charge in [0.1, 0.15) is 5.82 Å². The van der Waals surface area contributed by atoms with Crippen LogP contribution in [-0.2, 0) is 19.6 Å². The minimum Gasteiger partial charge on any atom is -0.363 e. The molecule has 2 aromatic rings. The van der Waals surface area contributed by atoms with Crippen molar-refractivity contribution >= 4 is 5.69 Å². The Hall–Kier alpha value is -1.87. The number of nitrogens with one attached hydrogen (secondary N) is 1. The van der Waals surface area contributed by atoms with Crippen LogP contribution in [0.2, 0.25) is 0 Å². The Morgan fingerprint density at radius 1 is 1.05 bits per heavy atom. The summed E-state index contributed by atoms with van der Waals surface area (Å²) in [6, 6.07) is 13.7. The van der Waals surface area contributed by atoms with Gasteiger partial charge < -0.3 is 10.2 Å². The van der Waals surface area contributed by atoms with E-state index < -0.39 is 0 Å². The first kappa shape index (κ1) is 12.2. The van der Waals surface area contributed by atoms with E-state index in [2.05, 4.69) is 34.5 Å². The summed E-state index contributed by atoms with van der Waals surface area (Å²) >= 11 is 0. The molecule has 3 heteroatoms. The molecule has 98 valence electrons. The van der Waals surface area contributed by atoms with E-state index in [1.54, 1.807) is 6.07 Å². The highest BCUT2D eigenvalue weighted by molar-refractivity contribution is 5.57. The second-order valence-electron chi connectivity index (χ2n) is 4.89. The fraction of sp³-hybridized carbons (Fsp3) is 0.250. The van der Waals surface area contributed by atoms with Crippen molar-refractivity contribution in [1.29, 1.82) is 0 Å². The van der Waals surface area contributed by atoms with E-state index in [-0.39, 0.29) is 5.82 Å². The standard InChI is InChI=1S/C16H17FN2/c1-18-9-14-15(17)7-4-8-16(14)19-10-12-5-2-3-6-13(12)11-19/h2-8,18H,9-11H2,1H3. The largest absolute Gasteiger partial charge is 0.363 e. The molecule has 0 aromatic heterocycles. The van der Waals surface area contributed by atoms with Crippen LogP contribution in [0.25, 0.3) is 0 Å². The van der Waals surface area contributed by atoms with Gasteiger partial charge in [-0.1, -0.05) is 30.3 Å². The third-order valence-electron chi connectivity index (χ3n) is 3.63. The van der Waals surface area contributed by atoms with Gasteiger partial charge in [0.05, 0.1) is 0 Å². The zero-order valence-electron chi connectivity index (χ0n) is 11.0. The van der Waals surface area contributed by atoms with E-state index in [0.717, 1.165) is 24.3 Å². The lowest BCUT2D eigenvalue weighted by Gasteiger charge is -2.21. The summed E-state index contributed by atoms with van der Waals surface area (Å²) in [4.78, 5) is 2.24. The van der Waals surface area contributed by atoms with Crippen molar-refractivity contribution < 1.29 is 4.39 Å². The van der Waals surface area contributed by atoms with E-state index in [9.17, 15) is 4.39 Å². The van der Waals surface area contributed by atoms with Crippen LogP contribution in [0.3, 0.4) is 0 Å². The molecular weight excluding hydrogens is 239 g/mol. The van der Waals surface area contributed by atoms with Crippen molar-refractivity contribution in [3.05, 3.63) is 65.0 Å². The van der Waals surface area contributed by atoms with E-state index in [1.165, 1.54) is 17.2 Å². The SMILES string of the molecule is CNCc1c(F)cccc1N1Cc2ccccc2C1. The first-order chi connectivity index (χ1) is 9.29. The fourth-order valence-electron chi connectivity index (χ4n) is 2.70. The van der Waals surface area contributed by atoms with Crippen LogP contribution in [0.1, 0.15) is 16.7 Å². The normalized spacial score (nSPS) is 13.7. The maximum absolute atomic E-state index is 14.0. The monoisotopic (exact) mass is 256 g/mol. The number of hydrogen-bond donors (Lipinski definition) is 1. The number of anilines is 1. The Kier molecular flexibility index (Phi) is 3.22. The van der Waals surface area contributed by atoms with Crippen molar-refractivity contribution in [3.8, 4) is 0 Å². The molecule has 2 nitrogen and oxygen atoms in total. The Morgan fingerprint density at radius 3 is 2.37 bits per heavy atom. The molecule has 1 aliphatic heterocycles. The van der Waals surface area contributed by atoms with E-state index in [1.807, 2.05) is 13.1 Å². The van der Waals surface area contributed by atoms with Gasteiger partial charge in [0.2, 0.25) is 0 Å². The molecule has 3 rings (SSSR count). The lowest BCUT2D eigenvalue weighted by atomic mass is 10.1. The van der Waals surface area contributed by atoms with Gasteiger partial charge in [-0.05, 0) is 30.3 Å². The van der Waals surface area contributed by atoms with Crippen LogP contribution >= 0.6 is 0 Å². The highest BCUT2D eigenvalue weighted by Gasteiger charge is 2.21.